The molecule has 0 aliphatic carbocycles. The van der Waals surface area contributed by atoms with Gasteiger partial charge in [0.1, 0.15) is 0 Å². The largest absolute Gasteiger partial charge is 0.333 e. The number of halogens is 1. The summed E-state index contributed by atoms with van der Waals surface area (Å²) < 4.78 is 0. The number of rotatable bonds is 5. The Hall–Kier alpha value is 0.505. The molecule has 11 heavy (non-hydrogen) atoms. The van der Waals surface area contributed by atoms with Gasteiger partial charge in [0.05, 0.1) is 0 Å². The van der Waals surface area contributed by atoms with Gasteiger partial charge in [0.2, 0.25) is 0 Å². The molecule has 0 aliphatic heterocycles. The van der Waals surface area contributed by atoms with Gasteiger partial charge in [0.25, 0.3) is 5.67 Å². The maximum atomic E-state index is 3.56. The molecule has 1 unspecified atom stereocenters. The molecule has 0 N–H and O–H groups in total. The molecule has 66 valence electrons. The van der Waals surface area contributed by atoms with Crippen molar-refractivity contribution in [1.29, 1.82) is 0 Å². The van der Waals surface area contributed by atoms with E-state index in [9.17, 15) is 0 Å². The zero-order valence-corrected chi connectivity index (χ0v) is 9.69. The normalized spacial score (nSPS) is 13.6. The van der Waals surface area contributed by atoms with E-state index in [2.05, 4.69) is 48.3 Å². The lowest BCUT2D eigenvalue weighted by molar-refractivity contribution is 0.379. The Morgan fingerprint density at radius 1 is 1.55 bits per heavy atom. The van der Waals surface area contributed by atoms with Crippen LogP contribution in [-0.2, 0) is 0 Å². The van der Waals surface area contributed by atoms with Crippen LogP contribution in [0.4, 0.5) is 0 Å². The summed E-state index contributed by atoms with van der Waals surface area (Å²) in [6.45, 7) is 6.69. The molecule has 0 aliphatic rings. The second-order valence-electron chi connectivity index (χ2n) is 3.23. The highest BCUT2D eigenvalue weighted by Gasteiger charge is 2.15. The SMILES string of the molecule is CCCCC(C)N(C)B(C)Br. The third kappa shape index (κ3) is 4.86. The molecular weight excluding hydrogens is 201 g/mol. The van der Waals surface area contributed by atoms with Crippen LogP contribution >= 0.6 is 15.8 Å². The van der Waals surface area contributed by atoms with Crippen LogP contribution in [-0.4, -0.2) is 23.6 Å². The zero-order chi connectivity index (χ0) is 8.85. The van der Waals surface area contributed by atoms with Crippen LogP contribution < -0.4 is 0 Å². The van der Waals surface area contributed by atoms with Crippen molar-refractivity contribution in [2.75, 3.05) is 7.05 Å². The average Bonchev–Trinajstić information content (AvgIpc) is 1.98. The van der Waals surface area contributed by atoms with Gasteiger partial charge in [-0.25, -0.2) is 0 Å². The molecule has 0 fully saturated rings. The second kappa shape index (κ2) is 6.07. The fraction of sp³-hybridized carbons (Fsp3) is 1.00. The summed E-state index contributed by atoms with van der Waals surface area (Å²) in [7, 11) is 2.17. The van der Waals surface area contributed by atoms with Gasteiger partial charge in [-0.05, 0) is 19.5 Å². The minimum Gasteiger partial charge on any atom is -0.333 e. The maximum Gasteiger partial charge on any atom is 0.299 e. The summed E-state index contributed by atoms with van der Waals surface area (Å²) in [5.74, 6) is 0. The second-order valence-corrected chi connectivity index (χ2v) is 4.56. The van der Waals surface area contributed by atoms with E-state index in [1.54, 1.807) is 0 Å². The molecule has 0 saturated heterocycles. The topological polar surface area (TPSA) is 3.24 Å². The fourth-order valence-corrected chi connectivity index (χ4v) is 1.46. The van der Waals surface area contributed by atoms with Crippen LogP contribution in [0, 0.1) is 0 Å². The van der Waals surface area contributed by atoms with Crippen molar-refractivity contribution in [1.82, 2.24) is 4.81 Å². The number of unbranched alkanes of at least 4 members (excludes halogenated alkanes) is 1. The van der Waals surface area contributed by atoms with Crippen molar-refractivity contribution in [3.63, 3.8) is 0 Å². The van der Waals surface area contributed by atoms with E-state index in [1.807, 2.05) is 0 Å². The fourth-order valence-electron chi connectivity index (χ4n) is 1.05. The van der Waals surface area contributed by atoms with E-state index in [4.69, 9.17) is 0 Å². The molecule has 1 nitrogen and oxygen atoms in total. The Labute approximate surface area is 79.6 Å². The molecule has 0 bridgehead atoms. The van der Waals surface area contributed by atoms with E-state index in [-0.39, 0.29) is 0 Å². The molecule has 0 saturated carbocycles. The summed E-state index contributed by atoms with van der Waals surface area (Å²) in [6.07, 6.45) is 3.95. The molecule has 0 aromatic carbocycles. The zero-order valence-electron chi connectivity index (χ0n) is 8.10. The number of nitrogens with zero attached hydrogens (tertiary/aromatic N) is 1. The first-order valence-electron chi connectivity index (χ1n) is 4.45. The lowest BCUT2D eigenvalue weighted by Crippen LogP contribution is -2.36. The Bertz CT molecular complexity index is 98.1. The van der Waals surface area contributed by atoms with Gasteiger partial charge in [-0.3, -0.25) is 0 Å². The van der Waals surface area contributed by atoms with Crippen LogP contribution in [0.3, 0.4) is 0 Å². The van der Waals surface area contributed by atoms with Crippen LogP contribution in [0.5, 0.6) is 0 Å². The summed E-state index contributed by atoms with van der Waals surface area (Å²) in [6, 6.07) is 0.698. The highest BCUT2D eigenvalue weighted by Crippen LogP contribution is 2.10. The van der Waals surface area contributed by atoms with Gasteiger partial charge >= 0.3 is 0 Å². The van der Waals surface area contributed by atoms with Gasteiger partial charge in [0, 0.05) is 0 Å². The predicted octanol–water partition coefficient (Wildman–Crippen LogP) is 3.01. The Kier molecular flexibility index (Phi) is 6.35. The van der Waals surface area contributed by atoms with E-state index in [1.165, 1.54) is 19.3 Å². The van der Waals surface area contributed by atoms with Crippen molar-refractivity contribution in [2.24, 2.45) is 0 Å². The van der Waals surface area contributed by atoms with Crippen LogP contribution in [0.1, 0.15) is 33.1 Å². The molecule has 0 heterocycles. The molecule has 0 radical (unpaired) electrons. The monoisotopic (exact) mass is 219 g/mol. The maximum absolute atomic E-state index is 3.56. The molecule has 0 amide bonds. The lowest BCUT2D eigenvalue weighted by Gasteiger charge is -2.25. The van der Waals surface area contributed by atoms with Gasteiger partial charge in [-0.15, -0.1) is 15.8 Å². The van der Waals surface area contributed by atoms with E-state index in [0.717, 1.165) is 0 Å². The summed E-state index contributed by atoms with van der Waals surface area (Å²) >= 11 is 3.56. The molecular formula is C8H19BBrN. The smallest absolute Gasteiger partial charge is 0.299 e. The van der Waals surface area contributed by atoms with E-state index >= 15 is 0 Å². The predicted molar refractivity (Wildman–Crippen MR) is 57.3 cm³/mol. The molecule has 0 aromatic heterocycles. The average molecular weight is 220 g/mol. The van der Waals surface area contributed by atoms with Crippen molar-refractivity contribution in [2.45, 2.75) is 46.0 Å². The summed E-state index contributed by atoms with van der Waals surface area (Å²) in [5, 5.41) is 0. The minimum absolute atomic E-state index is 0.495. The van der Waals surface area contributed by atoms with E-state index < -0.39 is 0 Å². The van der Waals surface area contributed by atoms with Gasteiger partial charge in [-0.1, -0.05) is 33.5 Å². The third-order valence-corrected chi connectivity index (χ3v) is 2.88. The van der Waals surface area contributed by atoms with Crippen LogP contribution in [0.25, 0.3) is 0 Å². The summed E-state index contributed by atoms with van der Waals surface area (Å²) in [4.78, 5) is 2.36. The molecule has 1 atom stereocenters. The van der Waals surface area contributed by atoms with Crippen molar-refractivity contribution in [3.05, 3.63) is 0 Å². The quantitative estimate of drug-likeness (QED) is 0.643. The van der Waals surface area contributed by atoms with Crippen LogP contribution in [0.15, 0.2) is 0 Å². The lowest BCUT2D eigenvalue weighted by atomic mass is 9.92. The Morgan fingerprint density at radius 2 is 2.09 bits per heavy atom. The summed E-state index contributed by atoms with van der Waals surface area (Å²) in [5.41, 5.74) is 0.495. The van der Waals surface area contributed by atoms with Crippen molar-refractivity contribution in [3.8, 4) is 0 Å². The minimum atomic E-state index is 0.495. The molecule has 0 aromatic rings. The highest BCUT2D eigenvalue weighted by atomic mass is 79.9. The first-order chi connectivity index (χ1) is 5.09. The molecule has 0 spiro atoms. The number of hydrogen-bond acceptors (Lipinski definition) is 1. The first kappa shape index (κ1) is 11.5. The molecule has 3 heteroatoms. The molecule has 0 rings (SSSR count). The highest BCUT2D eigenvalue weighted by molar-refractivity contribution is 9.24. The van der Waals surface area contributed by atoms with Crippen molar-refractivity contribution < 1.29 is 0 Å². The van der Waals surface area contributed by atoms with Gasteiger partial charge < -0.3 is 4.81 Å². The van der Waals surface area contributed by atoms with Gasteiger partial charge in [0.15, 0.2) is 0 Å². The van der Waals surface area contributed by atoms with Crippen molar-refractivity contribution >= 4 is 21.4 Å². The van der Waals surface area contributed by atoms with Gasteiger partial charge in [-0.2, -0.15) is 0 Å². The number of hydrogen-bond donors (Lipinski definition) is 0. The standard InChI is InChI=1S/C8H19BBrN/c1-5-6-7-8(2)11(4)9(3)10/h8H,5-7H2,1-4H3. The third-order valence-electron chi connectivity index (χ3n) is 2.23. The Morgan fingerprint density at radius 3 is 2.45 bits per heavy atom. The Balaban J connectivity index is 3.55. The first-order valence-corrected chi connectivity index (χ1v) is 5.37. The van der Waals surface area contributed by atoms with E-state index in [0.29, 0.717) is 11.7 Å². The van der Waals surface area contributed by atoms with Crippen LogP contribution in [0.2, 0.25) is 6.82 Å².